The number of hydrogen-bond acceptors (Lipinski definition) is 6. The number of amides is 2. The molecule has 35 heavy (non-hydrogen) atoms. The monoisotopic (exact) mass is 472 g/mol. The van der Waals surface area contributed by atoms with Gasteiger partial charge >= 0.3 is 0 Å². The van der Waals surface area contributed by atoms with Crippen molar-refractivity contribution < 1.29 is 9.59 Å². The van der Waals surface area contributed by atoms with Gasteiger partial charge < -0.3 is 15.5 Å². The van der Waals surface area contributed by atoms with E-state index in [0.29, 0.717) is 45.0 Å². The van der Waals surface area contributed by atoms with Crippen LogP contribution in [0.5, 0.6) is 0 Å². The molecule has 2 aliphatic heterocycles. The van der Waals surface area contributed by atoms with Gasteiger partial charge in [-0.1, -0.05) is 56.3 Å². The molecule has 182 valence electrons. The van der Waals surface area contributed by atoms with Crippen LogP contribution in [0.15, 0.2) is 54.6 Å². The number of fused-ring (bicyclic) bond motifs is 5. The van der Waals surface area contributed by atoms with E-state index in [2.05, 4.69) is 15.5 Å². The number of piperazine rings is 1. The van der Waals surface area contributed by atoms with E-state index in [9.17, 15) is 9.59 Å². The first-order valence-electron chi connectivity index (χ1n) is 12.3. The normalized spacial score (nSPS) is 21.1. The van der Waals surface area contributed by atoms with Crippen molar-refractivity contribution in [3.8, 4) is 0 Å². The lowest BCUT2D eigenvalue weighted by atomic mass is 10.0. The summed E-state index contributed by atoms with van der Waals surface area (Å²) in [5.74, 6) is 1.53. The molecule has 2 amide bonds. The highest BCUT2D eigenvalue weighted by atomic mass is 16.2. The smallest absolute Gasteiger partial charge is 0.242 e. The summed E-state index contributed by atoms with van der Waals surface area (Å²) in [7, 11) is 0. The van der Waals surface area contributed by atoms with Crippen molar-refractivity contribution in [2.75, 3.05) is 31.5 Å². The average Bonchev–Trinajstić information content (AvgIpc) is 2.88. The van der Waals surface area contributed by atoms with E-state index >= 15 is 0 Å². The zero-order valence-electron chi connectivity index (χ0n) is 20.3. The maximum Gasteiger partial charge on any atom is 0.242 e. The van der Waals surface area contributed by atoms with Gasteiger partial charge in [0, 0.05) is 37.6 Å². The van der Waals surface area contributed by atoms with Crippen LogP contribution < -0.4 is 10.6 Å². The minimum atomic E-state index is -0.424. The topological polar surface area (TPSA) is 90.5 Å². The summed E-state index contributed by atoms with van der Waals surface area (Å²) in [5, 5.41) is 7.45. The molecule has 8 heteroatoms. The number of carbonyl (C=O) groups excluding carboxylic acids is 2. The van der Waals surface area contributed by atoms with Gasteiger partial charge in [-0.2, -0.15) is 0 Å². The van der Waals surface area contributed by atoms with Crippen molar-refractivity contribution in [2.24, 2.45) is 5.92 Å². The van der Waals surface area contributed by atoms with Gasteiger partial charge in [0.2, 0.25) is 11.8 Å². The van der Waals surface area contributed by atoms with Crippen molar-refractivity contribution in [3.05, 3.63) is 66.0 Å². The third kappa shape index (κ3) is 5.12. The van der Waals surface area contributed by atoms with Crippen LogP contribution in [0.25, 0.3) is 10.9 Å². The van der Waals surface area contributed by atoms with Crippen LogP contribution in [0.2, 0.25) is 0 Å². The summed E-state index contributed by atoms with van der Waals surface area (Å²) < 4.78 is 0. The van der Waals surface area contributed by atoms with Gasteiger partial charge in [0.1, 0.15) is 17.7 Å². The highest BCUT2D eigenvalue weighted by Gasteiger charge is 2.32. The molecule has 0 saturated carbocycles. The van der Waals surface area contributed by atoms with Crippen molar-refractivity contribution in [1.82, 2.24) is 25.1 Å². The fraction of sp³-hybridized carbons (Fsp3) is 0.407. The number of rotatable bonds is 3. The lowest BCUT2D eigenvalue weighted by Gasteiger charge is -2.41. The highest BCUT2D eigenvalue weighted by molar-refractivity contribution is 5.92. The van der Waals surface area contributed by atoms with Crippen LogP contribution in [-0.4, -0.2) is 69.8 Å². The zero-order chi connectivity index (χ0) is 24.4. The largest absolute Gasteiger partial charge is 0.358 e. The minimum absolute atomic E-state index is 0.0168. The maximum absolute atomic E-state index is 13.2. The van der Waals surface area contributed by atoms with E-state index in [-0.39, 0.29) is 23.8 Å². The van der Waals surface area contributed by atoms with Gasteiger partial charge in [-0.15, -0.1) is 0 Å². The molecule has 0 spiro atoms. The molecule has 0 aliphatic carbocycles. The number of benzene rings is 2. The van der Waals surface area contributed by atoms with Crippen LogP contribution in [0, 0.1) is 5.92 Å². The van der Waals surface area contributed by atoms with E-state index < -0.39 is 6.04 Å². The first-order valence-corrected chi connectivity index (χ1v) is 12.3. The molecule has 1 aromatic heterocycles. The van der Waals surface area contributed by atoms with Crippen LogP contribution in [0.4, 0.5) is 5.82 Å². The molecular weight excluding hydrogens is 440 g/mol. The number of nitrogens with one attached hydrogen (secondary N) is 2. The Morgan fingerprint density at radius 3 is 2.63 bits per heavy atom. The summed E-state index contributed by atoms with van der Waals surface area (Å²) in [4.78, 5) is 40.2. The Labute approximate surface area is 205 Å². The molecule has 8 nitrogen and oxygen atoms in total. The lowest BCUT2D eigenvalue weighted by Crippen LogP contribution is -2.58. The molecule has 3 heterocycles. The quantitative estimate of drug-likeness (QED) is 0.609. The number of para-hydroxylation sites is 1. The second-order valence-electron chi connectivity index (χ2n) is 9.74. The number of nitrogens with zero attached hydrogens (tertiary/aromatic N) is 4. The Balaban J connectivity index is 1.42. The Morgan fingerprint density at radius 2 is 1.83 bits per heavy atom. The van der Waals surface area contributed by atoms with Crippen LogP contribution in [-0.2, 0) is 22.6 Å². The third-order valence-corrected chi connectivity index (χ3v) is 6.90. The van der Waals surface area contributed by atoms with Gasteiger partial charge in [-0.05, 0) is 23.6 Å². The predicted octanol–water partition coefficient (Wildman–Crippen LogP) is 2.45. The summed E-state index contributed by atoms with van der Waals surface area (Å²) in [6.07, 6.45) is 0.385. The van der Waals surface area contributed by atoms with E-state index in [4.69, 9.17) is 9.97 Å². The lowest BCUT2D eigenvalue weighted by molar-refractivity contribution is -0.133. The number of carbonyl (C=O) groups is 2. The average molecular weight is 473 g/mol. The fourth-order valence-electron chi connectivity index (χ4n) is 4.90. The Hall–Kier alpha value is -3.52. The van der Waals surface area contributed by atoms with Gasteiger partial charge in [0.25, 0.3) is 0 Å². The molecular formula is C27H32N6O2. The van der Waals surface area contributed by atoms with Crippen LogP contribution in [0.1, 0.15) is 25.2 Å². The molecule has 1 saturated heterocycles. The van der Waals surface area contributed by atoms with Gasteiger partial charge in [-0.3, -0.25) is 14.5 Å². The number of aromatic nitrogens is 2. The molecule has 2 N–H and O–H groups in total. The molecule has 2 aliphatic rings. The predicted molar refractivity (Wildman–Crippen MR) is 136 cm³/mol. The number of hydrogen-bond donors (Lipinski definition) is 2. The highest BCUT2D eigenvalue weighted by Crippen LogP contribution is 2.24. The molecule has 2 bridgehead atoms. The summed E-state index contributed by atoms with van der Waals surface area (Å²) in [5.41, 5.74) is 1.87. The van der Waals surface area contributed by atoms with Gasteiger partial charge in [0.15, 0.2) is 0 Å². The van der Waals surface area contributed by atoms with Crippen LogP contribution >= 0.6 is 0 Å². The Kier molecular flexibility index (Phi) is 6.63. The third-order valence-electron chi connectivity index (χ3n) is 6.90. The molecule has 2 atom stereocenters. The van der Waals surface area contributed by atoms with E-state index in [1.165, 1.54) is 0 Å². The second-order valence-corrected chi connectivity index (χ2v) is 9.74. The Bertz CT molecular complexity index is 1210. The standard InChI is InChI=1S/C27H32N6O2/c1-18(2)25-27(35)28-15-20-16-33(24(34)14-19-8-4-3-5-9-19)13-12-32(20)17-23-29-22-11-7-6-10-21(22)26(30-23)31-25/h3-11,18,20,25H,12-17H2,1-2H3,(H,28,35)(H,29,30,31)/t20?,25-/m0/s1. The van der Waals surface area contributed by atoms with Gasteiger partial charge in [-0.25, -0.2) is 9.97 Å². The first-order chi connectivity index (χ1) is 17.0. The van der Waals surface area contributed by atoms with Crippen molar-refractivity contribution in [3.63, 3.8) is 0 Å². The molecule has 2 aromatic carbocycles. The van der Waals surface area contributed by atoms with Gasteiger partial charge in [0.05, 0.1) is 18.5 Å². The minimum Gasteiger partial charge on any atom is -0.358 e. The second kappa shape index (κ2) is 10.00. The van der Waals surface area contributed by atoms with E-state index in [0.717, 1.165) is 22.3 Å². The zero-order valence-corrected chi connectivity index (χ0v) is 20.3. The summed E-state index contributed by atoms with van der Waals surface area (Å²) >= 11 is 0. The molecule has 1 fully saturated rings. The van der Waals surface area contributed by atoms with E-state index in [1.54, 1.807) is 0 Å². The van der Waals surface area contributed by atoms with Crippen molar-refractivity contribution >= 4 is 28.5 Å². The molecule has 5 rings (SSSR count). The molecule has 0 radical (unpaired) electrons. The maximum atomic E-state index is 13.2. The summed E-state index contributed by atoms with van der Waals surface area (Å²) in [6.45, 7) is 6.99. The van der Waals surface area contributed by atoms with Crippen molar-refractivity contribution in [1.29, 1.82) is 0 Å². The summed E-state index contributed by atoms with van der Waals surface area (Å²) in [6, 6.07) is 17.3. The van der Waals surface area contributed by atoms with E-state index in [1.807, 2.05) is 73.3 Å². The first kappa shape index (κ1) is 23.2. The Morgan fingerprint density at radius 1 is 1.06 bits per heavy atom. The van der Waals surface area contributed by atoms with Crippen molar-refractivity contribution in [2.45, 2.75) is 38.9 Å². The number of anilines is 1. The molecule has 3 aromatic rings. The van der Waals surface area contributed by atoms with Crippen LogP contribution in [0.3, 0.4) is 0 Å². The fourth-order valence-corrected chi connectivity index (χ4v) is 4.90. The SMILES string of the molecule is CC(C)[C@@H]1Nc2nc(nc3ccccc23)CN2CCN(C(=O)Cc3ccccc3)CC2CNC1=O. The molecule has 1 unspecified atom stereocenters.